The lowest BCUT2D eigenvalue weighted by molar-refractivity contribution is -0.145. The van der Waals surface area contributed by atoms with Crippen molar-refractivity contribution in [3.63, 3.8) is 0 Å². The van der Waals surface area contributed by atoms with E-state index in [0.717, 1.165) is 0 Å². The minimum atomic E-state index is -2.60. The molecule has 4 nitrogen and oxygen atoms in total. The van der Waals surface area contributed by atoms with Crippen molar-refractivity contribution >= 4 is 23.6 Å². The van der Waals surface area contributed by atoms with Gasteiger partial charge in [-0.3, -0.25) is 4.79 Å². The quantitative estimate of drug-likeness (QED) is 0.633. The largest absolute Gasteiger partial charge is 0.467 e. The second-order valence-electron chi connectivity index (χ2n) is 4.55. The first-order chi connectivity index (χ1) is 10.0. The third kappa shape index (κ3) is 3.53. The van der Waals surface area contributed by atoms with Gasteiger partial charge in [0.2, 0.25) is 0 Å². The lowest BCUT2D eigenvalue weighted by Crippen LogP contribution is -2.41. The Hall–Kier alpha value is -1.63. The van der Waals surface area contributed by atoms with Gasteiger partial charge in [-0.2, -0.15) is 8.78 Å². The van der Waals surface area contributed by atoms with E-state index in [9.17, 15) is 18.4 Å². The van der Waals surface area contributed by atoms with E-state index < -0.39 is 23.7 Å². The van der Waals surface area contributed by atoms with Crippen molar-refractivity contribution in [2.75, 3.05) is 13.7 Å². The molecule has 0 aliphatic carbocycles. The molecule has 0 spiro atoms. The van der Waals surface area contributed by atoms with Crippen LogP contribution in [0.4, 0.5) is 8.78 Å². The van der Waals surface area contributed by atoms with Gasteiger partial charge in [-0.1, -0.05) is 23.9 Å². The molecule has 21 heavy (non-hydrogen) atoms. The Bertz CT molecular complexity index is 539. The predicted molar refractivity (Wildman–Crippen MR) is 74.4 cm³/mol. The lowest BCUT2D eigenvalue weighted by atomic mass is 10.1. The highest BCUT2D eigenvalue weighted by atomic mass is 32.2. The number of hydrogen-bond donors (Lipinski definition) is 0. The topological polar surface area (TPSA) is 46.6 Å². The van der Waals surface area contributed by atoms with Crippen molar-refractivity contribution in [3.8, 4) is 0 Å². The highest BCUT2D eigenvalue weighted by Gasteiger charge is 2.36. The van der Waals surface area contributed by atoms with Crippen molar-refractivity contribution in [2.45, 2.75) is 29.5 Å². The van der Waals surface area contributed by atoms with E-state index in [4.69, 9.17) is 0 Å². The third-order valence-electron chi connectivity index (χ3n) is 3.32. The first kappa shape index (κ1) is 15.8. The molecular formula is C14H15F2NO3S. The average molecular weight is 315 g/mol. The summed E-state index contributed by atoms with van der Waals surface area (Å²) < 4.78 is 29.8. The fraction of sp³-hybridized carbons (Fsp3) is 0.429. The zero-order valence-electron chi connectivity index (χ0n) is 11.4. The Morgan fingerprint density at radius 1 is 1.38 bits per heavy atom. The maximum Gasteiger partial charge on any atom is 0.328 e. The van der Waals surface area contributed by atoms with Crippen molar-refractivity contribution in [1.82, 2.24) is 4.90 Å². The van der Waals surface area contributed by atoms with Crippen LogP contribution in [0.3, 0.4) is 0 Å². The Kier molecular flexibility index (Phi) is 5.17. The third-order valence-corrected chi connectivity index (χ3v) is 4.11. The molecule has 1 amide bonds. The molecule has 1 heterocycles. The monoisotopic (exact) mass is 315 g/mol. The number of likely N-dealkylation sites (tertiary alicyclic amines) is 1. The smallest absolute Gasteiger partial charge is 0.328 e. The van der Waals surface area contributed by atoms with E-state index in [1.165, 1.54) is 24.1 Å². The van der Waals surface area contributed by atoms with Gasteiger partial charge in [0.1, 0.15) is 6.04 Å². The van der Waals surface area contributed by atoms with Crippen LogP contribution in [0.2, 0.25) is 0 Å². The summed E-state index contributed by atoms with van der Waals surface area (Å²) in [5, 5.41) is 0. The number of hydrogen-bond acceptors (Lipinski definition) is 4. The van der Waals surface area contributed by atoms with E-state index >= 15 is 0 Å². The van der Waals surface area contributed by atoms with E-state index in [2.05, 4.69) is 4.74 Å². The lowest BCUT2D eigenvalue weighted by Gasteiger charge is -2.23. The molecule has 114 valence electrons. The average Bonchev–Trinajstić information content (AvgIpc) is 2.95. The molecule has 0 saturated carbocycles. The number of benzene rings is 1. The molecular weight excluding hydrogens is 300 g/mol. The van der Waals surface area contributed by atoms with E-state index in [1.807, 2.05) is 0 Å². The van der Waals surface area contributed by atoms with Gasteiger partial charge >= 0.3 is 5.97 Å². The molecule has 1 aliphatic rings. The van der Waals surface area contributed by atoms with Gasteiger partial charge in [-0.25, -0.2) is 4.79 Å². The first-order valence-corrected chi connectivity index (χ1v) is 7.35. The number of halogens is 2. The van der Waals surface area contributed by atoms with Gasteiger partial charge in [0.05, 0.1) is 12.7 Å². The molecule has 2 rings (SSSR count). The van der Waals surface area contributed by atoms with Gasteiger partial charge in [-0.15, -0.1) is 0 Å². The number of carbonyl (C=O) groups is 2. The maximum absolute atomic E-state index is 12.6. The number of thioether (sulfide) groups is 1. The predicted octanol–water partition coefficient (Wildman–Crippen LogP) is 2.78. The number of amides is 1. The molecule has 1 atom stereocenters. The normalized spacial score (nSPS) is 18.1. The summed E-state index contributed by atoms with van der Waals surface area (Å²) in [6, 6.07) is 5.56. The summed E-state index contributed by atoms with van der Waals surface area (Å²) in [6.07, 6.45) is 1.22. The van der Waals surface area contributed by atoms with Crippen molar-refractivity contribution in [2.24, 2.45) is 0 Å². The van der Waals surface area contributed by atoms with Crippen LogP contribution in [0, 0.1) is 0 Å². The summed E-state index contributed by atoms with van der Waals surface area (Å²) in [5.41, 5.74) is 0.193. The van der Waals surface area contributed by atoms with Crippen LogP contribution in [0.25, 0.3) is 0 Å². The summed E-state index contributed by atoms with van der Waals surface area (Å²) in [6.45, 7) is 0.423. The molecule has 1 unspecified atom stereocenters. The van der Waals surface area contributed by atoms with Gasteiger partial charge in [0, 0.05) is 11.4 Å². The number of alkyl halides is 2. The fourth-order valence-corrected chi connectivity index (χ4v) is 3.02. The van der Waals surface area contributed by atoms with E-state index in [-0.39, 0.29) is 10.5 Å². The summed E-state index contributed by atoms with van der Waals surface area (Å²) in [5.74, 6) is -3.49. The Morgan fingerprint density at radius 3 is 2.76 bits per heavy atom. The fourth-order valence-electron chi connectivity index (χ4n) is 2.39. The van der Waals surface area contributed by atoms with Crippen LogP contribution in [0.5, 0.6) is 0 Å². The van der Waals surface area contributed by atoms with Crippen LogP contribution in [0.1, 0.15) is 23.2 Å². The second-order valence-corrected chi connectivity index (χ2v) is 5.59. The highest BCUT2D eigenvalue weighted by molar-refractivity contribution is 7.99. The van der Waals surface area contributed by atoms with Crippen LogP contribution >= 0.6 is 11.8 Å². The zero-order valence-corrected chi connectivity index (χ0v) is 12.2. The van der Waals surface area contributed by atoms with Crippen molar-refractivity contribution in [3.05, 3.63) is 29.8 Å². The van der Waals surface area contributed by atoms with Crippen LogP contribution in [0.15, 0.2) is 29.2 Å². The number of ether oxygens (including phenoxy) is 1. The van der Waals surface area contributed by atoms with Gasteiger partial charge in [-0.05, 0) is 25.0 Å². The van der Waals surface area contributed by atoms with Gasteiger partial charge < -0.3 is 9.64 Å². The zero-order chi connectivity index (χ0) is 15.4. The molecule has 7 heteroatoms. The van der Waals surface area contributed by atoms with Gasteiger partial charge in [0.25, 0.3) is 11.7 Å². The number of carbonyl (C=O) groups excluding carboxylic acids is 2. The number of rotatable bonds is 4. The maximum atomic E-state index is 12.6. The van der Waals surface area contributed by atoms with Crippen LogP contribution in [-0.2, 0) is 9.53 Å². The standard InChI is InChI=1S/C14H15F2NO3S/c1-20-13(19)10-6-4-8-17(10)12(18)9-5-2-3-7-11(9)21-14(15)16/h2-3,5,7,10,14H,4,6,8H2,1H3. The minimum Gasteiger partial charge on any atom is -0.467 e. The molecule has 0 radical (unpaired) electrons. The van der Waals surface area contributed by atoms with E-state index in [0.29, 0.717) is 31.1 Å². The summed E-state index contributed by atoms with van der Waals surface area (Å²) >= 11 is 0.331. The highest BCUT2D eigenvalue weighted by Crippen LogP contribution is 2.30. The molecule has 0 aromatic heterocycles. The molecule has 0 N–H and O–H groups in total. The van der Waals surface area contributed by atoms with Crippen LogP contribution in [-0.4, -0.2) is 42.2 Å². The SMILES string of the molecule is COC(=O)C1CCCN1C(=O)c1ccccc1SC(F)F. The molecule has 1 aromatic carbocycles. The number of esters is 1. The van der Waals surface area contributed by atoms with E-state index in [1.54, 1.807) is 12.1 Å². The Labute approximate surface area is 125 Å². The van der Waals surface area contributed by atoms with Crippen molar-refractivity contribution < 1.29 is 23.1 Å². The van der Waals surface area contributed by atoms with Crippen LogP contribution < -0.4 is 0 Å². The number of methoxy groups -OCH3 is 1. The summed E-state index contributed by atoms with van der Waals surface area (Å²) in [4.78, 5) is 25.8. The molecule has 1 aliphatic heterocycles. The molecule has 1 aromatic rings. The summed E-state index contributed by atoms with van der Waals surface area (Å²) in [7, 11) is 1.27. The number of nitrogens with zero attached hydrogens (tertiary/aromatic N) is 1. The molecule has 0 bridgehead atoms. The minimum absolute atomic E-state index is 0.193. The molecule has 1 fully saturated rings. The Morgan fingerprint density at radius 2 is 2.10 bits per heavy atom. The first-order valence-electron chi connectivity index (χ1n) is 6.47. The Balaban J connectivity index is 2.25. The van der Waals surface area contributed by atoms with Crippen molar-refractivity contribution in [1.29, 1.82) is 0 Å². The second kappa shape index (κ2) is 6.89. The molecule has 1 saturated heterocycles. The van der Waals surface area contributed by atoms with Gasteiger partial charge in [0.15, 0.2) is 0 Å².